The summed E-state index contributed by atoms with van der Waals surface area (Å²) in [6.45, 7) is -0.123. The predicted molar refractivity (Wildman–Crippen MR) is 113 cm³/mol. The second-order valence-corrected chi connectivity index (χ2v) is 7.33. The topological polar surface area (TPSA) is 74.2 Å². The highest BCUT2D eigenvalue weighted by Crippen LogP contribution is 2.36. The van der Waals surface area contributed by atoms with Crippen LogP contribution in [-0.4, -0.2) is 29.1 Å². The van der Waals surface area contributed by atoms with Crippen LogP contribution in [0.3, 0.4) is 0 Å². The Hall–Kier alpha value is -3.60. The summed E-state index contributed by atoms with van der Waals surface area (Å²) < 4.78 is 78.7. The number of carbonyl (C=O) groups is 1. The van der Waals surface area contributed by atoms with E-state index in [0.29, 0.717) is 28.9 Å². The lowest BCUT2D eigenvalue weighted by molar-refractivity contribution is -0.143. The lowest BCUT2D eigenvalue weighted by Gasteiger charge is -2.14. The Balaban J connectivity index is 1.83. The molecule has 5 nitrogen and oxygen atoms in total. The molecule has 3 aromatic rings. The van der Waals surface area contributed by atoms with E-state index in [2.05, 4.69) is 15.6 Å². The minimum atomic E-state index is -4.92. The van der Waals surface area contributed by atoms with E-state index in [1.54, 1.807) is 18.2 Å². The smallest absolute Gasteiger partial charge is 0.395 e. The standard InChI is InChI=1S/C23H19F6N3O2/c24-22(25,26)17-9-15(10-18(13-17)23(27,28)29)8-14-4-5-30-20(11-14)32-19-3-1-2-16(12-19)21(34)31-6-7-33/h1-5,9-13,33H,6-8H2,(H,30,32)(H,31,34). The van der Waals surface area contributed by atoms with Gasteiger partial charge >= 0.3 is 12.4 Å². The van der Waals surface area contributed by atoms with Crippen LogP contribution in [0, 0.1) is 0 Å². The summed E-state index contributed by atoms with van der Waals surface area (Å²) in [5.74, 6) is -0.113. The van der Waals surface area contributed by atoms with E-state index < -0.39 is 29.4 Å². The fraction of sp³-hybridized carbons (Fsp3) is 0.217. The summed E-state index contributed by atoms with van der Waals surface area (Å²) in [5, 5.41) is 14.3. The summed E-state index contributed by atoms with van der Waals surface area (Å²) in [6.07, 6.45) is -8.66. The van der Waals surface area contributed by atoms with Gasteiger partial charge in [0.05, 0.1) is 17.7 Å². The van der Waals surface area contributed by atoms with Crippen molar-refractivity contribution in [2.45, 2.75) is 18.8 Å². The van der Waals surface area contributed by atoms with Gasteiger partial charge in [-0.3, -0.25) is 4.79 Å². The number of nitrogens with zero attached hydrogens (tertiary/aromatic N) is 1. The molecule has 0 saturated carbocycles. The highest BCUT2D eigenvalue weighted by atomic mass is 19.4. The third kappa shape index (κ3) is 6.70. The molecule has 0 aliphatic carbocycles. The number of aromatic nitrogens is 1. The Morgan fingerprint density at radius 1 is 0.882 bits per heavy atom. The van der Waals surface area contributed by atoms with E-state index in [0.717, 1.165) is 0 Å². The minimum Gasteiger partial charge on any atom is -0.395 e. The van der Waals surface area contributed by atoms with Crippen LogP contribution < -0.4 is 10.6 Å². The van der Waals surface area contributed by atoms with Crippen LogP contribution >= 0.6 is 0 Å². The van der Waals surface area contributed by atoms with Crippen LogP contribution in [0.2, 0.25) is 0 Å². The van der Waals surface area contributed by atoms with Gasteiger partial charge in [0.15, 0.2) is 0 Å². The molecule has 1 heterocycles. The summed E-state index contributed by atoms with van der Waals surface area (Å²) in [5.41, 5.74) is -1.66. The summed E-state index contributed by atoms with van der Waals surface area (Å²) in [4.78, 5) is 16.1. The van der Waals surface area contributed by atoms with E-state index in [-0.39, 0.29) is 37.0 Å². The molecular weight excluding hydrogens is 464 g/mol. The lowest BCUT2D eigenvalue weighted by atomic mass is 9.99. The van der Waals surface area contributed by atoms with Crippen molar-refractivity contribution in [2.75, 3.05) is 18.5 Å². The Morgan fingerprint density at radius 3 is 2.18 bits per heavy atom. The van der Waals surface area contributed by atoms with E-state index in [9.17, 15) is 31.1 Å². The molecule has 34 heavy (non-hydrogen) atoms. The number of carbonyl (C=O) groups excluding carboxylic acids is 1. The Morgan fingerprint density at radius 2 is 1.56 bits per heavy atom. The largest absolute Gasteiger partial charge is 0.416 e. The zero-order valence-electron chi connectivity index (χ0n) is 17.5. The molecule has 0 fully saturated rings. The molecule has 0 saturated heterocycles. The van der Waals surface area contributed by atoms with Crippen molar-refractivity contribution in [3.05, 3.63) is 88.6 Å². The van der Waals surface area contributed by atoms with Crippen LogP contribution in [0.4, 0.5) is 37.8 Å². The molecule has 3 rings (SSSR count). The van der Waals surface area contributed by atoms with Crippen molar-refractivity contribution in [2.24, 2.45) is 0 Å². The van der Waals surface area contributed by atoms with Crippen LogP contribution in [0.25, 0.3) is 0 Å². The first-order valence-electron chi connectivity index (χ1n) is 9.95. The van der Waals surface area contributed by atoms with Crippen molar-refractivity contribution in [3.63, 3.8) is 0 Å². The summed E-state index contributed by atoms with van der Waals surface area (Å²) in [6, 6.07) is 10.8. The van der Waals surface area contributed by atoms with Crippen molar-refractivity contribution in [1.82, 2.24) is 10.3 Å². The number of benzene rings is 2. The zero-order valence-corrected chi connectivity index (χ0v) is 17.5. The average Bonchev–Trinajstić information content (AvgIpc) is 2.76. The van der Waals surface area contributed by atoms with Gasteiger partial charge in [-0.2, -0.15) is 26.3 Å². The van der Waals surface area contributed by atoms with Gasteiger partial charge in [0.2, 0.25) is 0 Å². The molecule has 0 radical (unpaired) electrons. The molecule has 1 amide bonds. The Labute approximate surface area is 190 Å². The number of hydrogen-bond acceptors (Lipinski definition) is 4. The van der Waals surface area contributed by atoms with Crippen molar-refractivity contribution in [3.8, 4) is 0 Å². The highest BCUT2D eigenvalue weighted by Gasteiger charge is 2.36. The fourth-order valence-corrected chi connectivity index (χ4v) is 3.17. The third-order valence-corrected chi connectivity index (χ3v) is 4.67. The van der Waals surface area contributed by atoms with E-state index in [1.807, 2.05) is 0 Å². The van der Waals surface area contributed by atoms with Gasteiger partial charge in [0, 0.05) is 24.0 Å². The molecule has 0 aliphatic heterocycles. The molecular formula is C23H19F6N3O2. The monoisotopic (exact) mass is 483 g/mol. The van der Waals surface area contributed by atoms with Crippen molar-refractivity contribution < 1.29 is 36.2 Å². The molecule has 0 atom stereocenters. The maximum atomic E-state index is 13.1. The quantitative estimate of drug-likeness (QED) is 0.405. The minimum absolute atomic E-state index is 0.0890. The van der Waals surface area contributed by atoms with E-state index >= 15 is 0 Å². The fourth-order valence-electron chi connectivity index (χ4n) is 3.17. The van der Waals surface area contributed by atoms with Gasteiger partial charge in [-0.1, -0.05) is 6.07 Å². The number of rotatable bonds is 7. The molecule has 180 valence electrons. The van der Waals surface area contributed by atoms with Crippen molar-refractivity contribution in [1.29, 1.82) is 0 Å². The zero-order chi connectivity index (χ0) is 24.9. The average molecular weight is 483 g/mol. The predicted octanol–water partition coefficient (Wildman–Crippen LogP) is 5.18. The first kappa shape index (κ1) is 25.0. The number of aliphatic hydroxyl groups excluding tert-OH is 1. The Bertz CT molecular complexity index is 1130. The molecule has 0 bridgehead atoms. The van der Waals surface area contributed by atoms with Gasteiger partial charge in [-0.25, -0.2) is 4.98 Å². The number of alkyl halides is 6. The second kappa shape index (κ2) is 10.1. The normalized spacial score (nSPS) is 11.9. The number of amides is 1. The van der Waals surface area contributed by atoms with E-state index in [4.69, 9.17) is 5.11 Å². The number of nitrogens with one attached hydrogen (secondary N) is 2. The second-order valence-electron chi connectivity index (χ2n) is 7.33. The SMILES string of the molecule is O=C(NCCO)c1cccc(Nc2cc(Cc3cc(C(F)(F)F)cc(C(F)(F)F)c3)ccn2)c1. The lowest BCUT2D eigenvalue weighted by Crippen LogP contribution is -2.26. The van der Waals surface area contributed by atoms with Gasteiger partial charge in [-0.05, 0) is 66.1 Å². The Kier molecular flexibility index (Phi) is 7.45. The molecule has 0 unspecified atom stereocenters. The molecule has 0 aliphatic rings. The number of halogens is 6. The van der Waals surface area contributed by atoms with Crippen LogP contribution in [-0.2, 0) is 18.8 Å². The van der Waals surface area contributed by atoms with E-state index in [1.165, 1.54) is 24.4 Å². The molecule has 3 N–H and O–H groups in total. The van der Waals surface area contributed by atoms with Crippen LogP contribution in [0.1, 0.15) is 32.6 Å². The van der Waals surface area contributed by atoms with Crippen LogP contribution in [0.5, 0.6) is 0 Å². The maximum Gasteiger partial charge on any atom is 0.416 e. The molecule has 11 heteroatoms. The first-order chi connectivity index (χ1) is 16.0. The van der Waals surface area contributed by atoms with Crippen molar-refractivity contribution >= 4 is 17.4 Å². The van der Waals surface area contributed by atoms with Crippen LogP contribution in [0.15, 0.2) is 60.8 Å². The number of aliphatic hydroxyl groups is 1. The maximum absolute atomic E-state index is 13.1. The van der Waals surface area contributed by atoms with Gasteiger partial charge in [0.1, 0.15) is 5.82 Å². The third-order valence-electron chi connectivity index (χ3n) is 4.67. The number of hydrogen-bond donors (Lipinski definition) is 3. The highest BCUT2D eigenvalue weighted by molar-refractivity contribution is 5.95. The van der Waals surface area contributed by atoms with Gasteiger partial charge < -0.3 is 15.7 Å². The molecule has 1 aromatic heterocycles. The number of anilines is 2. The first-order valence-corrected chi connectivity index (χ1v) is 9.95. The summed E-state index contributed by atoms with van der Waals surface area (Å²) in [7, 11) is 0. The molecule has 2 aromatic carbocycles. The van der Waals surface area contributed by atoms with Gasteiger partial charge in [0.25, 0.3) is 5.91 Å². The van der Waals surface area contributed by atoms with Gasteiger partial charge in [-0.15, -0.1) is 0 Å². The number of pyridine rings is 1. The molecule has 0 spiro atoms. The summed E-state index contributed by atoms with van der Waals surface area (Å²) >= 11 is 0.